The summed E-state index contributed by atoms with van der Waals surface area (Å²) in [6.07, 6.45) is 0. The maximum atomic E-state index is 5.30. The van der Waals surface area contributed by atoms with Crippen molar-refractivity contribution < 1.29 is 0 Å². The van der Waals surface area contributed by atoms with E-state index < -0.39 is 0 Å². The fraction of sp³-hybridized carbons (Fsp3) is 0. The zero-order valence-electron chi connectivity index (χ0n) is 33.3. The summed E-state index contributed by atoms with van der Waals surface area (Å²) in [6.45, 7) is 0. The van der Waals surface area contributed by atoms with E-state index in [0.717, 1.165) is 38.8 Å². The topological polar surface area (TPSA) is 43.6 Å². The highest BCUT2D eigenvalue weighted by Crippen LogP contribution is 2.45. The van der Waals surface area contributed by atoms with Gasteiger partial charge >= 0.3 is 0 Å². The third-order valence-corrected chi connectivity index (χ3v) is 13.6. The van der Waals surface area contributed by atoms with Crippen LogP contribution in [0.3, 0.4) is 0 Å². The van der Waals surface area contributed by atoms with E-state index in [9.17, 15) is 0 Å². The van der Waals surface area contributed by atoms with Gasteiger partial charge in [0, 0.05) is 58.8 Å². The molecule has 0 N–H and O–H groups in total. The molecule has 3 heterocycles. The summed E-state index contributed by atoms with van der Waals surface area (Å²) in [4.78, 5) is 15.7. The Morgan fingerprint density at radius 2 is 0.935 bits per heavy atom. The van der Waals surface area contributed by atoms with Gasteiger partial charge in [0.1, 0.15) is 0 Å². The van der Waals surface area contributed by atoms with E-state index in [2.05, 4.69) is 193 Å². The molecular formula is C57H34N4S. The normalized spacial score (nSPS) is 11.9. The highest BCUT2D eigenvalue weighted by molar-refractivity contribution is 7.26. The third kappa shape index (κ3) is 5.49. The van der Waals surface area contributed by atoms with E-state index in [-0.39, 0.29) is 0 Å². The van der Waals surface area contributed by atoms with E-state index in [1.807, 2.05) is 29.5 Å². The van der Waals surface area contributed by atoms with E-state index >= 15 is 0 Å². The number of rotatable bonds is 5. The van der Waals surface area contributed by atoms with Gasteiger partial charge in [-0.3, -0.25) is 0 Å². The number of hydrogen-bond acceptors (Lipinski definition) is 4. The molecule has 13 aromatic rings. The second kappa shape index (κ2) is 13.8. The Labute approximate surface area is 360 Å². The van der Waals surface area contributed by atoms with Crippen molar-refractivity contribution >= 4 is 85.6 Å². The monoisotopic (exact) mass is 806 g/mol. The third-order valence-electron chi connectivity index (χ3n) is 12.4. The molecule has 4 nitrogen and oxygen atoms in total. The summed E-state index contributed by atoms with van der Waals surface area (Å²) in [5.41, 5.74) is 8.50. The van der Waals surface area contributed by atoms with Gasteiger partial charge in [-0.05, 0) is 80.8 Å². The number of aromatic nitrogens is 4. The smallest absolute Gasteiger partial charge is 0.164 e. The maximum absolute atomic E-state index is 5.30. The van der Waals surface area contributed by atoms with Gasteiger partial charge < -0.3 is 4.57 Å². The van der Waals surface area contributed by atoms with Crippen molar-refractivity contribution in [3.8, 4) is 51.0 Å². The molecule has 288 valence electrons. The van der Waals surface area contributed by atoms with Crippen LogP contribution in [0.2, 0.25) is 0 Å². The molecule has 0 atom stereocenters. The highest BCUT2D eigenvalue weighted by Gasteiger charge is 2.21. The molecule has 0 aliphatic rings. The molecule has 10 aromatic carbocycles. The molecule has 0 radical (unpaired) electrons. The lowest BCUT2D eigenvalue weighted by molar-refractivity contribution is 1.07. The van der Waals surface area contributed by atoms with E-state index in [0.29, 0.717) is 17.5 Å². The molecule has 0 saturated heterocycles. The van der Waals surface area contributed by atoms with Crippen molar-refractivity contribution in [3.63, 3.8) is 0 Å². The van der Waals surface area contributed by atoms with Gasteiger partial charge in [-0.25, -0.2) is 15.0 Å². The number of thiophene rings is 1. The minimum Gasteiger partial charge on any atom is -0.309 e. The summed E-state index contributed by atoms with van der Waals surface area (Å²) in [6, 6.07) is 74.0. The molecule has 5 heteroatoms. The Hall–Kier alpha value is -7.99. The average molecular weight is 807 g/mol. The van der Waals surface area contributed by atoms with Crippen molar-refractivity contribution in [1.29, 1.82) is 0 Å². The fourth-order valence-corrected chi connectivity index (χ4v) is 10.7. The fourth-order valence-electron chi connectivity index (χ4n) is 9.46. The van der Waals surface area contributed by atoms with Crippen LogP contribution in [0.15, 0.2) is 206 Å². The molecule has 62 heavy (non-hydrogen) atoms. The Kier molecular flexibility index (Phi) is 7.74. The Morgan fingerprint density at radius 1 is 0.323 bits per heavy atom. The van der Waals surface area contributed by atoms with Gasteiger partial charge in [-0.1, -0.05) is 158 Å². The highest BCUT2D eigenvalue weighted by atomic mass is 32.1. The van der Waals surface area contributed by atoms with Crippen LogP contribution in [0.25, 0.3) is 125 Å². The lowest BCUT2D eigenvalue weighted by Gasteiger charge is -2.17. The molecule has 0 bridgehead atoms. The molecule has 0 amide bonds. The van der Waals surface area contributed by atoms with Gasteiger partial charge in [0.2, 0.25) is 0 Å². The Morgan fingerprint density at radius 3 is 1.77 bits per heavy atom. The minimum atomic E-state index is 0.622. The van der Waals surface area contributed by atoms with Crippen LogP contribution in [-0.2, 0) is 0 Å². The molecule has 13 rings (SSSR count). The lowest BCUT2D eigenvalue weighted by atomic mass is 9.98. The quantitative estimate of drug-likeness (QED) is 0.163. The SMILES string of the molecule is c1ccc(-c2nc(-c3ccc(-n4c5ccccc5c5cc6ccccc6cc54)c(-c4cccc5c4sc4ccccc45)c3)nc(-c3ccc4c(ccc5ccccc54)c3)n2)cc1. The van der Waals surface area contributed by atoms with Crippen LogP contribution in [0.5, 0.6) is 0 Å². The summed E-state index contributed by atoms with van der Waals surface area (Å²) in [7, 11) is 0. The van der Waals surface area contributed by atoms with Gasteiger partial charge in [0.15, 0.2) is 17.5 Å². The predicted octanol–water partition coefficient (Wildman–Crippen LogP) is 15.5. The summed E-state index contributed by atoms with van der Waals surface area (Å²) < 4.78 is 4.98. The maximum Gasteiger partial charge on any atom is 0.164 e. The first-order chi connectivity index (χ1) is 30.7. The Balaban J connectivity index is 1.08. The molecule has 0 fully saturated rings. The second-order valence-corrected chi connectivity index (χ2v) is 17.0. The molecule has 0 spiro atoms. The predicted molar refractivity (Wildman–Crippen MR) is 261 cm³/mol. The van der Waals surface area contributed by atoms with Crippen LogP contribution in [0.4, 0.5) is 0 Å². The Bertz CT molecular complexity index is 3940. The summed E-state index contributed by atoms with van der Waals surface area (Å²) >= 11 is 1.85. The number of fused-ring (bicyclic) bond motifs is 10. The van der Waals surface area contributed by atoms with Gasteiger partial charge in [-0.15, -0.1) is 11.3 Å². The van der Waals surface area contributed by atoms with Crippen molar-refractivity contribution in [1.82, 2.24) is 19.5 Å². The zero-order chi connectivity index (χ0) is 40.7. The molecule has 0 aliphatic carbocycles. The minimum absolute atomic E-state index is 0.622. The van der Waals surface area contributed by atoms with Gasteiger partial charge in [-0.2, -0.15) is 0 Å². The molecular weight excluding hydrogens is 773 g/mol. The van der Waals surface area contributed by atoms with Crippen molar-refractivity contribution in [2.75, 3.05) is 0 Å². The van der Waals surface area contributed by atoms with Gasteiger partial charge in [0.25, 0.3) is 0 Å². The molecule has 3 aromatic heterocycles. The standard InChI is InChI=1S/C57H34N4S/c1-2-14-36(15-3-1)55-58-56(40-27-29-43-39(31-40)26-25-35-13-6-7-18-42(35)43)60-57(59-55)41-28-30-51(49(33-41)47-22-12-21-46-45-20-9-11-24-53(45)62-54(46)47)61-50-23-10-8-19-44(50)48-32-37-16-4-5-17-38(37)34-52(48)61/h1-34H. The molecule has 0 unspecified atom stereocenters. The van der Waals surface area contributed by atoms with Crippen LogP contribution in [-0.4, -0.2) is 19.5 Å². The first kappa shape index (κ1) is 34.8. The number of nitrogens with zero attached hydrogens (tertiary/aromatic N) is 4. The van der Waals surface area contributed by atoms with Crippen LogP contribution < -0.4 is 0 Å². The van der Waals surface area contributed by atoms with Crippen LogP contribution >= 0.6 is 11.3 Å². The summed E-state index contributed by atoms with van der Waals surface area (Å²) in [5.74, 6) is 1.89. The second-order valence-electron chi connectivity index (χ2n) is 16.0. The van der Waals surface area contributed by atoms with Crippen LogP contribution in [0.1, 0.15) is 0 Å². The van der Waals surface area contributed by atoms with Crippen LogP contribution in [0, 0.1) is 0 Å². The number of para-hydroxylation sites is 1. The summed E-state index contributed by atoms with van der Waals surface area (Å²) in [5, 5.41) is 12.2. The van der Waals surface area contributed by atoms with E-state index in [1.54, 1.807) is 0 Å². The lowest BCUT2D eigenvalue weighted by Crippen LogP contribution is -2.02. The van der Waals surface area contributed by atoms with Crippen molar-refractivity contribution in [3.05, 3.63) is 206 Å². The first-order valence-corrected chi connectivity index (χ1v) is 21.7. The van der Waals surface area contributed by atoms with Crippen molar-refractivity contribution in [2.45, 2.75) is 0 Å². The number of benzene rings is 10. The average Bonchev–Trinajstić information content (AvgIpc) is 3.88. The van der Waals surface area contributed by atoms with E-state index in [1.165, 1.54) is 69.0 Å². The molecule has 0 aliphatic heterocycles. The largest absolute Gasteiger partial charge is 0.309 e. The molecule has 0 saturated carbocycles. The first-order valence-electron chi connectivity index (χ1n) is 20.9. The van der Waals surface area contributed by atoms with E-state index in [4.69, 9.17) is 15.0 Å². The zero-order valence-corrected chi connectivity index (χ0v) is 34.1. The number of hydrogen-bond donors (Lipinski definition) is 0. The van der Waals surface area contributed by atoms with Gasteiger partial charge in [0.05, 0.1) is 16.7 Å². The van der Waals surface area contributed by atoms with Crippen molar-refractivity contribution in [2.24, 2.45) is 0 Å².